The Morgan fingerprint density at radius 2 is 1.69 bits per heavy atom. The third-order valence-corrected chi connectivity index (χ3v) is 5.19. The van der Waals surface area contributed by atoms with Crippen LogP contribution in [0.3, 0.4) is 0 Å². The minimum atomic E-state index is 0.0851. The number of rotatable bonds is 7. The summed E-state index contributed by atoms with van der Waals surface area (Å²) in [5, 5.41) is 1.08. The van der Waals surface area contributed by atoms with Gasteiger partial charge in [-0.1, -0.05) is 63.0 Å². The van der Waals surface area contributed by atoms with Crippen LogP contribution in [-0.4, -0.2) is 33.4 Å². The number of nitrogens with zero attached hydrogens (tertiary/aromatic N) is 3. The van der Waals surface area contributed by atoms with Crippen molar-refractivity contribution in [2.45, 2.75) is 34.2 Å². The predicted octanol–water partition coefficient (Wildman–Crippen LogP) is 6.15. The zero-order valence-corrected chi connectivity index (χ0v) is 18.8. The molecule has 0 bridgehead atoms. The van der Waals surface area contributed by atoms with E-state index in [0.29, 0.717) is 27.7 Å². The van der Waals surface area contributed by atoms with Gasteiger partial charge in [0.2, 0.25) is 5.91 Å². The summed E-state index contributed by atoms with van der Waals surface area (Å²) in [7, 11) is 0. The highest BCUT2D eigenvalue weighted by atomic mass is 35.5. The van der Waals surface area contributed by atoms with E-state index in [-0.39, 0.29) is 12.5 Å². The third-order valence-electron chi connectivity index (χ3n) is 4.64. The topological polar surface area (TPSA) is 38.1 Å². The summed E-state index contributed by atoms with van der Waals surface area (Å²) in [6.45, 7) is 10.2. The van der Waals surface area contributed by atoms with E-state index in [1.807, 2.05) is 39.8 Å². The van der Waals surface area contributed by atoms with E-state index in [2.05, 4.69) is 27.7 Å². The summed E-state index contributed by atoms with van der Waals surface area (Å²) in [4.78, 5) is 20.0. The number of para-hydroxylation sites is 2. The van der Waals surface area contributed by atoms with Crippen LogP contribution >= 0.6 is 23.2 Å². The van der Waals surface area contributed by atoms with E-state index in [1.54, 1.807) is 12.1 Å². The molecule has 29 heavy (non-hydrogen) atoms. The smallest absolute Gasteiger partial charge is 0.242 e. The molecule has 1 aromatic heterocycles. The highest BCUT2D eigenvalue weighted by molar-refractivity contribution is 6.36. The fraction of sp³-hybridized carbons (Fsp3) is 0.391. The minimum Gasteiger partial charge on any atom is -0.341 e. The molecule has 0 fully saturated rings. The van der Waals surface area contributed by atoms with E-state index in [1.165, 1.54) is 0 Å². The van der Waals surface area contributed by atoms with Gasteiger partial charge < -0.3 is 9.47 Å². The first-order valence-corrected chi connectivity index (χ1v) is 10.7. The lowest BCUT2D eigenvalue weighted by Gasteiger charge is -2.27. The molecule has 0 spiro atoms. The summed E-state index contributed by atoms with van der Waals surface area (Å²) in [5.41, 5.74) is 2.51. The van der Waals surface area contributed by atoms with E-state index in [0.717, 1.165) is 29.7 Å². The Morgan fingerprint density at radius 3 is 2.31 bits per heavy atom. The van der Waals surface area contributed by atoms with Gasteiger partial charge in [-0.2, -0.15) is 0 Å². The van der Waals surface area contributed by atoms with Crippen LogP contribution in [-0.2, 0) is 11.3 Å². The van der Waals surface area contributed by atoms with Crippen molar-refractivity contribution in [1.29, 1.82) is 0 Å². The second-order valence-electron chi connectivity index (χ2n) is 8.22. The maximum absolute atomic E-state index is 13.3. The van der Waals surface area contributed by atoms with Crippen molar-refractivity contribution in [3.63, 3.8) is 0 Å². The number of benzene rings is 2. The third kappa shape index (κ3) is 5.12. The molecule has 3 rings (SSSR count). The van der Waals surface area contributed by atoms with Crippen LogP contribution in [0.25, 0.3) is 22.4 Å². The lowest BCUT2D eigenvalue weighted by Crippen LogP contribution is -2.39. The summed E-state index contributed by atoms with van der Waals surface area (Å²) < 4.78 is 1.96. The molecule has 0 aliphatic carbocycles. The fourth-order valence-electron chi connectivity index (χ4n) is 3.51. The van der Waals surface area contributed by atoms with Crippen LogP contribution in [0.15, 0.2) is 42.5 Å². The Balaban J connectivity index is 2.04. The molecule has 0 radical (unpaired) electrons. The van der Waals surface area contributed by atoms with Crippen molar-refractivity contribution in [3.8, 4) is 11.4 Å². The maximum Gasteiger partial charge on any atom is 0.242 e. The quantitative estimate of drug-likeness (QED) is 0.449. The van der Waals surface area contributed by atoms with Gasteiger partial charge in [-0.25, -0.2) is 4.98 Å². The molecular formula is C23H27Cl2N3O. The summed E-state index contributed by atoms with van der Waals surface area (Å²) >= 11 is 12.5. The average Bonchev–Trinajstić information content (AvgIpc) is 2.98. The summed E-state index contributed by atoms with van der Waals surface area (Å²) in [6, 6.07) is 13.2. The highest BCUT2D eigenvalue weighted by Gasteiger charge is 2.21. The highest BCUT2D eigenvalue weighted by Crippen LogP contribution is 2.32. The van der Waals surface area contributed by atoms with Gasteiger partial charge in [0.1, 0.15) is 12.4 Å². The number of amides is 1. The normalized spacial score (nSPS) is 11.6. The minimum absolute atomic E-state index is 0.0851. The van der Waals surface area contributed by atoms with E-state index in [9.17, 15) is 4.79 Å². The molecule has 154 valence electrons. The molecule has 4 nitrogen and oxygen atoms in total. The zero-order chi connectivity index (χ0) is 21.1. The zero-order valence-electron chi connectivity index (χ0n) is 17.3. The Labute approximate surface area is 182 Å². The molecule has 0 saturated heterocycles. The maximum atomic E-state index is 13.3. The number of imidazole rings is 1. The number of hydrogen-bond acceptors (Lipinski definition) is 2. The Bertz CT molecular complexity index is 1000. The van der Waals surface area contributed by atoms with Gasteiger partial charge in [0.25, 0.3) is 0 Å². The van der Waals surface area contributed by atoms with Gasteiger partial charge in [0, 0.05) is 23.7 Å². The van der Waals surface area contributed by atoms with Crippen molar-refractivity contribution < 1.29 is 4.79 Å². The van der Waals surface area contributed by atoms with Crippen LogP contribution in [0.4, 0.5) is 0 Å². The second kappa shape index (κ2) is 9.19. The Hall–Kier alpha value is -2.04. The van der Waals surface area contributed by atoms with Gasteiger partial charge in [-0.15, -0.1) is 0 Å². The van der Waals surface area contributed by atoms with Crippen LogP contribution < -0.4 is 0 Å². The van der Waals surface area contributed by atoms with Crippen LogP contribution in [0.5, 0.6) is 0 Å². The molecule has 0 atom stereocenters. The number of fused-ring (bicyclic) bond motifs is 1. The first-order chi connectivity index (χ1) is 13.8. The number of hydrogen-bond donors (Lipinski definition) is 0. The van der Waals surface area contributed by atoms with Crippen LogP contribution in [0.2, 0.25) is 10.0 Å². The predicted molar refractivity (Wildman–Crippen MR) is 121 cm³/mol. The van der Waals surface area contributed by atoms with Gasteiger partial charge >= 0.3 is 0 Å². The number of carbonyl (C=O) groups excluding carboxylic acids is 1. The number of carbonyl (C=O) groups is 1. The molecule has 2 aromatic carbocycles. The molecule has 0 aliphatic rings. The SMILES string of the molecule is CC(C)CN(CC(C)C)C(=O)Cn1c(-c2ccc(Cl)cc2Cl)nc2ccccc21. The van der Waals surface area contributed by atoms with Crippen LogP contribution in [0.1, 0.15) is 27.7 Å². The van der Waals surface area contributed by atoms with Crippen molar-refractivity contribution in [1.82, 2.24) is 14.5 Å². The lowest BCUT2D eigenvalue weighted by atomic mass is 10.1. The lowest BCUT2D eigenvalue weighted by molar-refractivity contribution is -0.132. The average molecular weight is 432 g/mol. The fourth-order valence-corrected chi connectivity index (χ4v) is 4.00. The van der Waals surface area contributed by atoms with Gasteiger partial charge in [0.15, 0.2) is 0 Å². The molecule has 1 amide bonds. The van der Waals surface area contributed by atoms with E-state index < -0.39 is 0 Å². The first kappa shape index (κ1) is 21.7. The largest absolute Gasteiger partial charge is 0.341 e. The summed E-state index contributed by atoms with van der Waals surface area (Å²) in [6.07, 6.45) is 0. The molecule has 0 saturated carbocycles. The number of aromatic nitrogens is 2. The molecule has 3 aromatic rings. The standard InChI is InChI=1S/C23H27Cl2N3O/c1-15(2)12-27(13-16(3)4)22(29)14-28-21-8-6-5-7-20(21)26-23(28)18-10-9-17(24)11-19(18)25/h5-11,15-16H,12-14H2,1-4H3. The molecule has 0 unspecified atom stereocenters. The van der Waals surface area contributed by atoms with E-state index >= 15 is 0 Å². The Morgan fingerprint density at radius 1 is 1.03 bits per heavy atom. The van der Waals surface area contributed by atoms with Gasteiger partial charge in [-0.05, 0) is 42.2 Å². The molecule has 0 N–H and O–H groups in total. The molecular weight excluding hydrogens is 405 g/mol. The van der Waals surface area contributed by atoms with Crippen molar-refractivity contribution in [3.05, 3.63) is 52.5 Å². The van der Waals surface area contributed by atoms with Gasteiger partial charge in [0.05, 0.1) is 16.1 Å². The molecule has 0 aliphatic heterocycles. The van der Waals surface area contributed by atoms with E-state index in [4.69, 9.17) is 28.2 Å². The van der Waals surface area contributed by atoms with Gasteiger partial charge in [-0.3, -0.25) is 4.79 Å². The van der Waals surface area contributed by atoms with Crippen molar-refractivity contribution in [2.24, 2.45) is 11.8 Å². The monoisotopic (exact) mass is 431 g/mol. The van der Waals surface area contributed by atoms with Crippen molar-refractivity contribution >= 4 is 40.1 Å². The van der Waals surface area contributed by atoms with Crippen LogP contribution in [0, 0.1) is 11.8 Å². The van der Waals surface area contributed by atoms with Crippen molar-refractivity contribution in [2.75, 3.05) is 13.1 Å². The number of halogens is 2. The molecule has 1 heterocycles. The second-order valence-corrected chi connectivity index (χ2v) is 9.06. The molecule has 6 heteroatoms. The summed E-state index contributed by atoms with van der Waals surface area (Å²) in [5.74, 6) is 1.57. The Kier molecular flexibility index (Phi) is 6.86. The first-order valence-electron chi connectivity index (χ1n) is 9.94.